The van der Waals surface area contributed by atoms with E-state index in [0.717, 1.165) is 4.90 Å². The molecule has 0 fully saturated rings. The van der Waals surface area contributed by atoms with Crippen molar-refractivity contribution in [2.75, 3.05) is 18.0 Å². The van der Waals surface area contributed by atoms with E-state index in [0.29, 0.717) is 12.2 Å². The molecule has 0 aliphatic rings. The molecule has 0 spiro atoms. The van der Waals surface area contributed by atoms with Crippen LogP contribution in [-0.4, -0.2) is 34.8 Å². The minimum Gasteiger partial charge on any atom is -0.347 e. The quantitative estimate of drug-likeness (QED) is 0.905. The summed E-state index contributed by atoms with van der Waals surface area (Å²) in [4.78, 5) is 9.35. The molecule has 0 amide bonds. The molecule has 4 nitrogen and oxygen atoms in total. The summed E-state index contributed by atoms with van der Waals surface area (Å²) in [6.45, 7) is 7.47. The van der Waals surface area contributed by atoms with Crippen molar-refractivity contribution >= 4 is 5.82 Å². The van der Waals surface area contributed by atoms with Gasteiger partial charge in [-0.3, -0.25) is 4.98 Å². The number of aromatic nitrogens is 2. The van der Waals surface area contributed by atoms with E-state index in [1.54, 1.807) is 6.92 Å². The zero-order chi connectivity index (χ0) is 15.4. The molecule has 0 aromatic carbocycles. The van der Waals surface area contributed by atoms with E-state index in [1.165, 1.54) is 12.4 Å². The maximum absolute atomic E-state index is 12.4. The van der Waals surface area contributed by atoms with Crippen LogP contribution < -0.4 is 10.2 Å². The molecule has 20 heavy (non-hydrogen) atoms. The van der Waals surface area contributed by atoms with Crippen LogP contribution in [0.15, 0.2) is 12.4 Å². The van der Waals surface area contributed by atoms with Gasteiger partial charge in [-0.1, -0.05) is 0 Å². The summed E-state index contributed by atoms with van der Waals surface area (Å²) in [6, 6.07) is 0. The Morgan fingerprint density at radius 1 is 1.15 bits per heavy atom. The maximum atomic E-state index is 12.4. The fraction of sp³-hybridized carbons (Fsp3) is 0.692. The van der Waals surface area contributed by atoms with Gasteiger partial charge in [0, 0.05) is 18.6 Å². The average molecular weight is 290 g/mol. The lowest BCUT2D eigenvalue weighted by molar-refractivity contribution is -0.119. The van der Waals surface area contributed by atoms with Crippen molar-refractivity contribution in [3.8, 4) is 0 Å². The molecule has 1 aromatic rings. The number of hydrogen-bond donors (Lipinski definition) is 1. The van der Waals surface area contributed by atoms with Crippen molar-refractivity contribution in [1.29, 1.82) is 0 Å². The van der Waals surface area contributed by atoms with Crippen molar-refractivity contribution in [2.24, 2.45) is 0 Å². The first-order valence-corrected chi connectivity index (χ1v) is 6.48. The number of nitrogens with one attached hydrogen (secondary N) is 1. The third-order valence-corrected chi connectivity index (χ3v) is 2.57. The molecule has 1 rings (SSSR count). The molecule has 114 valence electrons. The Morgan fingerprint density at radius 2 is 1.80 bits per heavy atom. The first-order chi connectivity index (χ1) is 9.11. The van der Waals surface area contributed by atoms with Gasteiger partial charge in [0.15, 0.2) is 0 Å². The number of nitrogens with zero attached hydrogens (tertiary/aromatic N) is 3. The van der Waals surface area contributed by atoms with Gasteiger partial charge in [-0.25, -0.2) is 4.98 Å². The molecule has 0 radical (unpaired) electrons. The summed E-state index contributed by atoms with van der Waals surface area (Å²) in [5.41, 5.74) is 0.651. The van der Waals surface area contributed by atoms with E-state index < -0.39 is 12.7 Å². The van der Waals surface area contributed by atoms with Crippen LogP contribution >= 0.6 is 0 Å². The van der Waals surface area contributed by atoms with E-state index in [2.05, 4.69) is 15.3 Å². The SMILES string of the molecule is CCN(CC(F)(F)F)c1cnc(CNC(C)(C)C)cn1. The Balaban J connectivity index is 2.69. The number of rotatable bonds is 5. The largest absolute Gasteiger partial charge is 0.405 e. The highest BCUT2D eigenvalue weighted by Gasteiger charge is 2.30. The summed E-state index contributed by atoms with van der Waals surface area (Å²) in [7, 11) is 0. The topological polar surface area (TPSA) is 41.1 Å². The maximum Gasteiger partial charge on any atom is 0.405 e. The summed E-state index contributed by atoms with van der Waals surface area (Å²) >= 11 is 0. The van der Waals surface area contributed by atoms with E-state index in [-0.39, 0.29) is 17.9 Å². The Labute approximate surface area is 117 Å². The lowest BCUT2D eigenvalue weighted by Gasteiger charge is -2.23. The normalized spacial score (nSPS) is 12.6. The van der Waals surface area contributed by atoms with Crippen LogP contribution in [0.25, 0.3) is 0 Å². The predicted molar refractivity (Wildman–Crippen MR) is 72.6 cm³/mol. The van der Waals surface area contributed by atoms with E-state index in [9.17, 15) is 13.2 Å². The molecule has 0 aliphatic carbocycles. The van der Waals surface area contributed by atoms with Crippen molar-refractivity contribution in [3.05, 3.63) is 18.1 Å². The number of alkyl halides is 3. The Morgan fingerprint density at radius 3 is 2.20 bits per heavy atom. The van der Waals surface area contributed by atoms with Crippen LogP contribution in [0.5, 0.6) is 0 Å². The third-order valence-electron chi connectivity index (χ3n) is 2.57. The Hall–Kier alpha value is -1.37. The fourth-order valence-electron chi connectivity index (χ4n) is 1.53. The van der Waals surface area contributed by atoms with E-state index in [1.807, 2.05) is 20.8 Å². The van der Waals surface area contributed by atoms with Gasteiger partial charge in [0.2, 0.25) is 0 Å². The highest BCUT2D eigenvalue weighted by Crippen LogP contribution is 2.19. The summed E-state index contributed by atoms with van der Waals surface area (Å²) in [5.74, 6) is 0.240. The molecule has 7 heteroatoms. The zero-order valence-corrected chi connectivity index (χ0v) is 12.3. The van der Waals surface area contributed by atoms with Crippen LogP contribution in [0.1, 0.15) is 33.4 Å². The molecule has 0 unspecified atom stereocenters. The highest BCUT2D eigenvalue weighted by molar-refractivity contribution is 5.35. The van der Waals surface area contributed by atoms with Gasteiger partial charge in [-0.15, -0.1) is 0 Å². The molecular weight excluding hydrogens is 269 g/mol. The average Bonchev–Trinajstić information content (AvgIpc) is 2.32. The van der Waals surface area contributed by atoms with Crippen LogP contribution in [0.4, 0.5) is 19.0 Å². The van der Waals surface area contributed by atoms with Gasteiger partial charge in [0.1, 0.15) is 12.4 Å². The standard InChI is InChI=1S/C13H21F3N4/c1-5-20(9-13(14,15)16)11-8-17-10(6-18-11)7-19-12(2,3)4/h6,8,19H,5,7,9H2,1-4H3. The van der Waals surface area contributed by atoms with Crippen molar-refractivity contribution in [1.82, 2.24) is 15.3 Å². The van der Waals surface area contributed by atoms with Crippen LogP contribution in [0.3, 0.4) is 0 Å². The van der Waals surface area contributed by atoms with Crippen LogP contribution in [0.2, 0.25) is 0 Å². The lowest BCUT2D eigenvalue weighted by Crippen LogP contribution is -2.36. The Bertz CT molecular complexity index is 409. The van der Waals surface area contributed by atoms with Crippen molar-refractivity contribution in [2.45, 2.75) is 46.0 Å². The molecule has 0 bridgehead atoms. The lowest BCUT2D eigenvalue weighted by atomic mass is 10.1. The number of anilines is 1. The predicted octanol–water partition coefficient (Wildman–Crippen LogP) is 2.75. The van der Waals surface area contributed by atoms with Gasteiger partial charge in [-0.05, 0) is 27.7 Å². The minimum absolute atomic E-state index is 0.0495. The molecule has 1 aromatic heterocycles. The Kier molecular flexibility index (Phi) is 5.33. The molecule has 0 atom stereocenters. The number of hydrogen-bond acceptors (Lipinski definition) is 4. The summed E-state index contributed by atoms with van der Waals surface area (Å²) in [5, 5.41) is 3.24. The van der Waals surface area contributed by atoms with E-state index in [4.69, 9.17) is 0 Å². The fourth-order valence-corrected chi connectivity index (χ4v) is 1.53. The van der Waals surface area contributed by atoms with Gasteiger partial charge >= 0.3 is 6.18 Å². The van der Waals surface area contributed by atoms with Gasteiger partial charge in [0.05, 0.1) is 18.1 Å². The first-order valence-electron chi connectivity index (χ1n) is 6.48. The zero-order valence-electron chi connectivity index (χ0n) is 12.3. The van der Waals surface area contributed by atoms with E-state index >= 15 is 0 Å². The molecule has 0 aliphatic heterocycles. The van der Waals surface area contributed by atoms with Crippen LogP contribution in [-0.2, 0) is 6.54 Å². The first kappa shape index (κ1) is 16.7. The smallest absolute Gasteiger partial charge is 0.347 e. The summed E-state index contributed by atoms with van der Waals surface area (Å²) < 4.78 is 37.2. The second kappa shape index (κ2) is 6.39. The second-order valence-electron chi connectivity index (χ2n) is 5.60. The molecule has 1 N–H and O–H groups in total. The number of halogens is 3. The second-order valence-corrected chi connectivity index (χ2v) is 5.60. The molecular formula is C13H21F3N4. The molecule has 1 heterocycles. The minimum atomic E-state index is -4.25. The molecule has 0 saturated carbocycles. The summed E-state index contributed by atoms with van der Waals surface area (Å²) in [6.07, 6.45) is -1.35. The third kappa shape index (κ3) is 6.18. The van der Waals surface area contributed by atoms with Gasteiger partial charge in [0.25, 0.3) is 0 Å². The highest BCUT2D eigenvalue weighted by atomic mass is 19.4. The monoisotopic (exact) mass is 290 g/mol. The van der Waals surface area contributed by atoms with Crippen molar-refractivity contribution < 1.29 is 13.2 Å². The molecule has 0 saturated heterocycles. The van der Waals surface area contributed by atoms with Crippen LogP contribution in [0, 0.1) is 0 Å². The van der Waals surface area contributed by atoms with Crippen molar-refractivity contribution in [3.63, 3.8) is 0 Å². The van der Waals surface area contributed by atoms with Gasteiger partial charge < -0.3 is 10.2 Å². The van der Waals surface area contributed by atoms with Gasteiger partial charge in [-0.2, -0.15) is 13.2 Å².